The van der Waals surface area contributed by atoms with Crippen molar-refractivity contribution in [2.75, 3.05) is 26.2 Å². The minimum absolute atomic E-state index is 0.200. The number of rotatable bonds is 11. The molecule has 0 heterocycles. The van der Waals surface area contributed by atoms with Crippen LogP contribution < -0.4 is 15.4 Å². The zero-order valence-corrected chi connectivity index (χ0v) is 14.4. The van der Waals surface area contributed by atoms with Gasteiger partial charge in [0.15, 0.2) is 0 Å². The molecule has 0 aliphatic rings. The number of aliphatic hydroxyl groups excluding tert-OH is 1. The fraction of sp³-hybridized carbons (Fsp3) is 0.400. The molecule has 0 aliphatic carbocycles. The van der Waals surface area contributed by atoms with Gasteiger partial charge in [0.1, 0.15) is 12.4 Å². The fourth-order valence-electron chi connectivity index (χ4n) is 2.41. The van der Waals surface area contributed by atoms with Gasteiger partial charge in [-0.1, -0.05) is 36.4 Å². The minimum atomic E-state index is 0.200. The van der Waals surface area contributed by atoms with Crippen LogP contribution in [0, 0.1) is 6.92 Å². The molecule has 0 saturated carbocycles. The highest BCUT2D eigenvalue weighted by atomic mass is 16.5. The summed E-state index contributed by atoms with van der Waals surface area (Å²) in [5, 5.41) is 15.3. The third kappa shape index (κ3) is 6.71. The summed E-state index contributed by atoms with van der Waals surface area (Å²) in [6.07, 6.45) is 1.05. The number of aliphatic hydroxyl groups is 1. The van der Waals surface area contributed by atoms with E-state index in [4.69, 9.17) is 9.84 Å². The summed E-state index contributed by atoms with van der Waals surface area (Å²) in [6, 6.07) is 16.5. The lowest BCUT2D eigenvalue weighted by molar-refractivity contribution is 0.292. The van der Waals surface area contributed by atoms with E-state index >= 15 is 0 Å². The first-order valence-electron chi connectivity index (χ1n) is 8.58. The second-order valence-corrected chi connectivity index (χ2v) is 5.86. The summed E-state index contributed by atoms with van der Waals surface area (Å²) in [5.74, 6) is 0.898. The second-order valence-electron chi connectivity index (χ2n) is 5.86. The Morgan fingerprint density at radius 3 is 2.42 bits per heavy atom. The maximum Gasteiger partial charge on any atom is 0.119 e. The summed E-state index contributed by atoms with van der Waals surface area (Å²) in [7, 11) is 0. The van der Waals surface area contributed by atoms with Crippen molar-refractivity contribution < 1.29 is 9.84 Å². The van der Waals surface area contributed by atoms with Gasteiger partial charge in [0.2, 0.25) is 0 Å². The summed E-state index contributed by atoms with van der Waals surface area (Å²) in [6.45, 7) is 6.33. The Balaban J connectivity index is 1.66. The van der Waals surface area contributed by atoms with Gasteiger partial charge in [0, 0.05) is 13.1 Å². The van der Waals surface area contributed by atoms with Crippen LogP contribution in [0.5, 0.6) is 5.75 Å². The van der Waals surface area contributed by atoms with Crippen molar-refractivity contribution in [1.29, 1.82) is 0 Å². The molecular formula is C20H28N2O2. The Kier molecular flexibility index (Phi) is 8.32. The molecule has 24 heavy (non-hydrogen) atoms. The van der Waals surface area contributed by atoms with Gasteiger partial charge in [0.25, 0.3) is 0 Å². The van der Waals surface area contributed by atoms with Gasteiger partial charge >= 0.3 is 0 Å². The Labute approximate surface area is 144 Å². The van der Waals surface area contributed by atoms with E-state index in [2.05, 4.69) is 41.8 Å². The molecule has 0 radical (unpaired) electrons. The fourth-order valence-corrected chi connectivity index (χ4v) is 2.41. The largest absolute Gasteiger partial charge is 0.489 e. The number of nitrogens with one attached hydrogen (secondary N) is 2. The minimum Gasteiger partial charge on any atom is -0.489 e. The number of ether oxygens (including phenoxy) is 1. The van der Waals surface area contributed by atoms with Crippen LogP contribution in [-0.4, -0.2) is 31.3 Å². The molecule has 0 saturated heterocycles. The Hall–Kier alpha value is -1.88. The van der Waals surface area contributed by atoms with Gasteiger partial charge in [-0.25, -0.2) is 0 Å². The van der Waals surface area contributed by atoms with Gasteiger partial charge in [-0.05, 0) is 55.3 Å². The van der Waals surface area contributed by atoms with Crippen molar-refractivity contribution in [3.8, 4) is 5.75 Å². The van der Waals surface area contributed by atoms with E-state index in [0.29, 0.717) is 13.2 Å². The van der Waals surface area contributed by atoms with Crippen molar-refractivity contribution in [2.45, 2.75) is 26.5 Å². The molecule has 0 fully saturated rings. The Morgan fingerprint density at radius 2 is 1.67 bits per heavy atom. The van der Waals surface area contributed by atoms with Gasteiger partial charge in [-0.2, -0.15) is 0 Å². The average molecular weight is 328 g/mol. The monoisotopic (exact) mass is 328 g/mol. The van der Waals surface area contributed by atoms with Gasteiger partial charge in [0.05, 0.1) is 6.61 Å². The van der Waals surface area contributed by atoms with E-state index in [1.165, 1.54) is 16.7 Å². The van der Waals surface area contributed by atoms with Crippen LogP contribution in [0.25, 0.3) is 0 Å². The van der Waals surface area contributed by atoms with Crippen LogP contribution in [0.4, 0.5) is 0 Å². The zero-order chi connectivity index (χ0) is 17.0. The van der Waals surface area contributed by atoms with E-state index in [1.54, 1.807) is 0 Å². The molecule has 0 unspecified atom stereocenters. The van der Waals surface area contributed by atoms with Crippen LogP contribution >= 0.6 is 0 Å². The Bertz CT molecular complexity index is 584. The topological polar surface area (TPSA) is 53.5 Å². The first kappa shape index (κ1) is 18.5. The lowest BCUT2D eigenvalue weighted by Crippen LogP contribution is -2.23. The van der Waals surface area contributed by atoms with Gasteiger partial charge in [-0.15, -0.1) is 0 Å². The smallest absolute Gasteiger partial charge is 0.119 e. The molecule has 4 heteroatoms. The quantitative estimate of drug-likeness (QED) is 0.555. The van der Waals surface area contributed by atoms with E-state index in [0.717, 1.165) is 31.8 Å². The van der Waals surface area contributed by atoms with E-state index in [1.807, 2.05) is 24.3 Å². The zero-order valence-electron chi connectivity index (χ0n) is 14.4. The average Bonchev–Trinajstić information content (AvgIpc) is 2.61. The SMILES string of the molecule is Cc1ccccc1COc1ccc(CNCCCNCCO)cc1. The maximum atomic E-state index is 8.67. The molecule has 0 spiro atoms. The number of aryl methyl sites for hydroxylation is 1. The van der Waals surface area contributed by atoms with Gasteiger partial charge in [-0.3, -0.25) is 0 Å². The third-order valence-electron chi connectivity index (χ3n) is 3.90. The molecule has 0 bridgehead atoms. The summed E-state index contributed by atoms with van der Waals surface area (Å²) in [5.41, 5.74) is 3.73. The van der Waals surface area contributed by atoms with Crippen LogP contribution in [0.2, 0.25) is 0 Å². The van der Waals surface area contributed by atoms with Crippen LogP contribution in [0.1, 0.15) is 23.1 Å². The lowest BCUT2D eigenvalue weighted by atomic mass is 10.1. The van der Waals surface area contributed by atoms with E-state index < -0.39 is 0 Å². The van der Waals surface area contributed by atoms with Crippen molar-refractivity contribution in [2.24, 2.45) is 0 Å². The van der Waals surface area contributed by atoms with Crippen molar-refractivity contribution in [3.05, 3.63) is 65.2 Å². The highest BCUT2D eigenvalue weighted by Gasteiger charge is 2.00. The van der Waals surface area contributed by atoms with Crippen LogP contribution in [0.3, 0.4) is 0 Å². The van der Waals surface area contributed by atoms with E-state index in [-0.39, 0.29) is 6.61 Å². The molecule has 2 aromatic rings. The summed E-state index contributed by atoms with van der Waals surface area (Å²) in [4.78, 5) is 0. The summed E-state index contributed by atoms with van der Waals surface area (Å²) >= 11 is 0. The van der Waals surface area contributed by atoms with Crippen LogP contribution in [0.15, 0.2) is 48.5 Å². The molecule has 2 rings (SSSR count). The first-order chi connectivity index (χ1) is 11.8. The van der Waals surface area contributed by atoms with Crippen molar-refractivity contribution >= 4 is 0 Å². The molecule has 2 aromatic carbocycles. The predicted octanol–water partition coefficient (Wildman–Crippen LogP) is 2.64. The maximum absolute atomic E-state index is 8.67. The van der Waals surface area contributed by atoms with Crippen LogP contribution in [-0.2, 0) is 13.2 Å². The third-order valence-corrected chi connectivity index (χ3v) is 3.90. The highest BCUT2D eigenvalue weighted by molar-refractivity contribution is 5.29. The molecule has 0 aliphatic heterocycles. The standard InChI is InChI=1S/C20H28N2O2/c1-17-5-2-3-6-19(17)16-24-20-9-7-18(8-10-20)15-22-12-4-11-21-13-14-23/h2-3,5-10,21-23H,4,11-16H2,1H3. The molecule has 4 nitrogen and oxygen atoms in total. The number of benzene rings is 2. The van der Waals surface area contributed by atoms with Gasteiger partial charge < -0.3 is 20.5 Å². The number of hydrogen-bond acceptors (Lipinski definition) is 4. The molecule has 0 amide bonds. The first-order valence-corrected chi connectivity index (χ1v) is 8.58. The predicted molar refractivity (Wildman–Crippen MR) is 98.2 cm³/mol. The number of hydrogen-bond donors (Lipinski definition) is 3. The molecule has 130 valence electrons. The normalized spacial score (nSPS) is 10.8. The summed E-state index contributed by atoms with van der Waals surface area (Å²) < 4.78 is 5.86. The highest BCUT2D eigenvalue weighted by Crippen LogP contribution is 2.15. The molecule has 0 aromatic heterocycles. The van der Waals surface area contributed by atoms with Crippen molar-refractivity contribution in [3.63, 3.8) is 0 Å². The molecular weight excluding hydrogens is 300 g/mol. The molecule has 3 N–H and O–H groups in total. The lowest BCUT2D eigenvalue weighted by Gasteiger charge is -2.10. The second kappa shape index (κ2) is 10.8. The Morgan fingerprint density at radius 1 is 0.917 bits per heavy atom. The molecule has 0 atom stereocenters. The van der Waals surface area contributed by atoms with Crippen molar-refractivity contribution in [1.82, 2.24) is 10.6 Å². The van der Waals surface area contributed by atoms with E-state index in [9.17, 15) is 0 Å².